The van der Waals surface area contributed by atoms with Crippen LogP contribution in [0.5, 0.6) is 0 Å². The molecule has 0 atom stereocenters. The maximum atomic E-state index is 13.6. The Balaban J connectivity index is 1.63. The lowest BCUT2D eigenvalue weighted by Gasteiger charge is -2.13. The number of carbonyl (C=O) groups is 2. The van der Waals surface area contributed by atoms with E-state index in [1.165, 1.54) is 16.6 Å². The van der Waals surface area contributed by atoms with Crippen LogP contribution >= 0.6 is 23.1 Å². The monoisotopic (exact) mass is 470 g/mol. The van der Waals surface area contributed by atoms with Crippen molar-refractivity contribution < 1.29 is 9.59 Å². The van der Waals surface area contributed by atoms with Crippen LogP contribution in [0.4, 0.5) is 4.79 Å². The van der Waals surface area contributed by atoms with Crippen molar-refractivity contribution in [1.29, 1.82) is 0 Å². The number of nitrogens with one attached hydrogen (secondary N) is 2. The number of aromatic nitrogens is 2. The first-order chi connectivity index (χ1) is 15.6. The van der Waals surface area contributed by atoms with E-state index in [0.29, 0.717) is 24.7 Å². The average Bonchev–Trinajstić information content (AvgIpc) is 3.16. The maximum absolute atomic E-state index is 13.6. The van der Waals surface area contributed by atoms with Crippen molar-refractivity contribution in [3.63, 3.8) is 0 Å². The van der Waals surface area contributed by atoms with Gasteiger partial charge in [-0.15, -0.1) is 11.3 Å². The number of rotatable bonds is 7. The lowest BCUT2D eigenvalue weighted by Crippen LogP contribution is -2.40. The molecule has 168 valence electrons. The molecular weight excluding hydrogens is 444 g/mol. The van der Waals surface area contributed by atoms with Gasteiger partial charge in [0.25, 0.3) is 5.56 Å². The number of imide groups is 1. The number of hydrogen-bond acceptors (Lipinski definition) is 6. The molecule has 0 spiro atoms. The molecule has 0 fully saturated rings. The SMILES string of the molecule is CCNC(=O)NC(=O)CSc1nc2sc3c(c2c(=O)n1CCc1ccccc1)CCCC3. The molecule has 3 aromatic rings. The molecule has 0 saturated heterocycles. The summed E-state index contributed by atoms with van der Waals surface area (Å²) in [5.74, 6) is -0.415. The van der Waals surface area contributed by atoms with Crippen molar-refractivity contribution in [2.75, 3.05) is 12.3 Å². The molecule has 1 aliphatic rings. The van der Waals surface area contributed by atoms with Crippen LogP contribution < -0.4 is 16.2 Å². The zero-order valence-corrected chi connectivity index (χ0v) is 19.6. The van der Waals surface area contributed by atoms with Crippen LogP contribution in [0.15, 0.2) is 40.3 Å². The average molecular weight is 471 g/mol. The highest BCUT2D eigenvalue weighted by Crippen LogP contribution is 2.34. The molecule has 0 radical (unpaired) electrons. The van der Waals surface area contributed by atoms with E-state index < -0.39 is 11.9 Å². The molecule has 2 N–H and O–H groups in total. The van der Waals surface area contributed by atoms with Gasteiger partial charge in [-0.3, -0.25) is 19.5 Å². The fraction of sp³-hybridized carbons (Fsp3) is 0.391. The minimum Gasteiger partial charge on any atom is -0.338 e. The van der Waals surface area contributed by atoms with E-state index in [0.717, 1.165) is 47.0 Å². The van der Waals surface area contributed by atoms with Crippen LogP contribution in [0.2, 0.25) is 0 Å². The van der Waals surface area contributed by atoms with Gasteiger partial charge in [0.15, 0.2) is 5.16 Å². The second-order valence-electron chi connectivity index (χ2n) is 7.67. The summed E-state index contributed by atoms with van der Waals surface area (Å²) < 4.78 is 1.70. The highest BCUT2D eigenvalue weighted by Gasteiger charge is 2.22. The first kappa shape index (κ1) is 22.5. The molecule has 0 bridgehead atoms. The second kappa shape index (κ2) is 10.3. The van der Waals surface area contributed by atoms with Crippen molar-refractivity contribution in [2.24, 2.45) is 0 Å². The van der Waals surface area contributed by atoms with Crippen LogP contribution in [-0.2, 0) is 30.6 Å². The molecule has 7 nitrogen and oxygen atoms in total. The van der Waals surface area contributed by atoms with Crippen molar-refractivity contribution >= 4 is 45.3 Å². The summed E-state index contributed by atoms with van der Waals surface area (Å²) in [6.07, 6.45) is 4.85. The van der Waals surface area contributed by atoms with Crippen LogP contribution in [0.3, 0.4) is 0 Å². The zero-order valence-electron chi connectivity index (χ0n) is 18.0. The van der Waals surface area contributed by atoms with Gasteiger partial charge in [-0.1, -0.05) is 42.1 Å². The van der Waals surface area contributed by atoms with Crippen LogP contribution in [0, 0.1) is 0 Å². The van der Waals surface area contributed by atoms with E-state index in [1.807, 2.05) is 30.3 Å². The van der Waals surface area contributed by atoms with Gasteiger partial charge in [0.1, 0.15) is 4.83 Å². The number of hydrogen-bond donors (Lipinski definition) is 2. The van der Waals surface area contributed by atoms with Gasteiger partial charge in [0, 0.05) is 18.0 Å². The largest absolute Gasteiger partial charge is 0.338 e. The summed E-state index contributed by atoms with van der Waals surface area (Å²) in [5.41, 5.74) is 2.27. The highest BCUT2D eigenvalue weighted by molar-refractivity contribution is 7.99. The van der Waals surface area contributed by atoms with Gasteiger partial charge >= 0.3 is 6.03 Å². The predicted octanol–water partition coefficient (Wildman–Crippen LogP) is 3.52. The summed E-state index contributed by atoms with van der Waals surface area (Å²) >= 11 is 2.79. The molecule has 1 aromatic carbocycles. The molecule has 32 heavy (non-hydrogen) atoms. The van der Waals surface area contributed by atoms with Gasteiger partial charge in [0.2, 0.25) is 5.91 Å². The maximum Gasteiger partial charge on any atom is 0.321 e. The van der Waals surface area contributed by atoms with Crippen molar-refractivity contribution in [2.45, 2.75) is 50.7 Å². The van der Waals surface area contributed by atoms with E-state index in [1.54, 1.807) is 22.8 Å². The standard InChI is InChI=1S/C23H26N4O3S2/c1-2-24-22(30)25-18(28)14-31-23-26-20-19(16-10-6-7-11-17(16)32-20)21(29)27(23)13-12-15-8-4-3-5-9-15/h3-5,8-9H,2,6-7,10-14H2,1H3,(H2,24,25,28,30). The van der Waals surface area contributed by atoms with E-state index in [9.17, 15) is 14.4 Å². The summed E-state index contributed by atoms with van der Waals surface area (Å²) in [6.45, 7) is 2.70. The van der Waals surface area contributed by atoms with Gasteiger partial charge in [-0.05, 0) is 50.2 Å². The second-order valence-corrected chi connectivity index (χ2v) is 9.70. The zero-order chi connectivity index (χ0) is 22.5. The van der Waals surface area contributed by atoms with E-state index in [-0.39, 0.29) is 11.3 Å². The normalized spacial score (nSPS) is 13.0. The van der Waals surface area contributed by atoms with Crippen molar-refractivity contribution in [1.82, 2.24) is 20.2 Å². The van der Waals surface area contributed by atoms with E-state index >= 15 is 0 Å². The Hall–Kier alpha value is -2.65. The Kier molecular flexibility index (Phi) is 7.26. The molecule has 0 unspecified atom stereocenters. The molecule has 3 amide bonds. The van der Waals surface area contributed by atoms with Gasteiger partial charge in [-0.2, -0.15) is 0 Å². The van der Waals surface area contributed by atoms with Crippen molar-refractivity contribution in [3.05, 3.63) is 56.7 Å². The minimum atomic E-state index is -0.520. The highest BCUT2D eigenvalue weighted by atomic mass is 32.2. The van der Waals surface area contributed by atoms with Gasteiger partial charge < -0.3 is 5.32 Å². The third kappa shape index (κ3) is 5.05. The van der Waals surface area contributed by atoms with Crippen LogP contribution in [0.1, 0.15) is 35.8 Å². The van der Waals surface area contributed by atoms with Gasteiger partial charge in [-0.25, -0.2) is 9.78 Å². The van der Waals surface area contributed by atoms with Crippen LogP contribution in [0.25, 0.3) is 10.2 Å². The quantitative estimate of drug-likeness (QED) is 0.407. The fourth-order valence-electron chi connectivity index (χ4n) is 3.91. The number of thioether (sulfide) groups is 1. The summed E-state index contributed by atoms with van der Waals surface area (Å²) in [5, 5.41) is 6.09. The summed E-state index contributed by atoms with van der Waals surface area (Å²) in [4.78, 5) is 44.2. The predicted molar refractivity (Wildman–Crippen MR) is 129 cm³/mol. The topological polar surface area (TPSA) is 93.1 Å². The molecule has 0 saturated carbocycles. The Labute approximate surface area is 194 Å². The molecule has 2 aromatic heterocycles. The molecule has 1 aliphatic carbocycles. The van der Waals surface area contributed by atoms with E-state index in [4.69, 9.17) is 4.98 Å². The number of urea groups is 1. The Morgan fingerprint density at radius 1 is 1.19 bits per heavy atom. The number of amides is 3. The fourth-order valence-corrected chi connectivity index (χ4v) is 6.04. The molecule has 2 heterocycles. The smallest absolute Gasteiger partial charge is 0.321 e. The Morgan fingerprint density at radius 2 is 1.97 bits per heavy atom. The Bertz CT molecular complexity index is 1190. The van der Waals surface area contributed by atoms with Gasteiger partial charge in [0.05, 0.1) is 11.1 Å². The molecule has 0 aliphatic heterocycles. The molecule has 9 heteroatoms. The number of aryl methyl sites for hydroxylation is 3. The third-order valence-electron chi connectivity index (χ3n) is 5.43. The third-order valence-corrected chi connectivity index (χ3v) is 7.59. The lowest BCUT2D eigenvalue weighted by molar-refractivity contribution is -0.117. The van der Waals surface area contributed by atoms with E-state index in [2.05, 4.69) is 10.6 Å². The summed E-state index contributed by atoms with van der Waals surface area (Å²) in [6, 6.07) is 9.49. The Morgan fingerprint density at radius 3 is 2.75 bits per heavy atom. The summed E-state index contributed by atoms with van der Waals surface area (Å²) in [7, 11) is 0. The van der Waals surface area contributed by atoms with Crippen LogP contribution in [-0.4, -0.2) is 33.8 Å². The minimum absolute atomic E-state index is 0.00546. The number of nitrogens with zero attached hydrogens (tertiary/aromatic N) is 2. The first-order valence-corrected chi connectivity index (χ1v) is 12.7. The number of thiophene rings is 1. The number of fused-ring (bicyclic) bond motifs is 3. The lowest BCUT2D eigenvalue weighted by atomic mass is 9.97. The molecule has 4 rings (SSSR count). The first-order valence-electron chi connectivity index (χ1n) is 10.9. The number of benzene rings is 1. The van der Waals surface area contributed by atoms with Crippen molar-refractivity contribution in [3.8, 4) is 0 Å². The number of carbonyl (C=O) groups excluding carboxylic acids is 2. The molecular formula is C23H26N4O3S2.